The molecule has 2 aromatic carbocycles. The maximum atomic E-state index is 13.1. The first-order chi connectivity index (χ1) is 11.6. The zero-order chi connectivity index (χ0) is 17.1. The van der Waals surface area contributed by atoms with E-state index in [1.54, 1.807) is 0 Å². The van der Waals surface area contributed by atoms with Crippen molar-refractivity contribution in [2.75, 3.05) is 29.4 Å². The Morgan fingerprint density at radius 1 is 1.04 bits per heavy atom. The van der Waals surface area contributed by atoms with Gasteiger partial charge in [-0.05, 0) is 24.6 Å². The summed E-state index contributed by atoms with van der Waals surface area (Å²) in [5.74, 6) is -0.178. The number of anilines is 2. The van der Waals surface area contributed by atoms with E-state index in [0.29, 0.717) is 6.54 Å². The van der Waals surface area contributed by atoms with Crippen LogP contribution < -0.4 is 15.5 Å². The van der Waals surface area contributed by atoms with Crippen molar-refractivity contribution < 1.29 is 4.79 Å². The Morgan fingerprint density at radius 3 is 2.33 bits per heavy atom. The molecule has 126 valence electrons. The molecule has 0 aromatic heterocycles. The lowest BCUT2D eigenvalue weighted by Crippen LogP contribution is -2.47. The molecular weight excluding hydrogens is 298 g/mol. The van der Waals surface area contributed by atoms with Gasteiger partial charge in [0, 0.05) is 25.7 Å². The van der Waals surface area contributed by atoms with E-state index in [1.165, 1.54) is 0 Å². The lowest BCUT2D eigenvalue weighted by Gasteiger charge is -2.38. The Morgan fingerprint density at radius 2 is 1.67 bits per heavy atom. The van der Waals surface area contributed by atoms with Gasteiger partial charge in [0.15, 0.2) is 0 Å². The molecule has 2 N–H and O–H groups in total. The fraction of sp³-hybridized carbons (Fsp3) is 0.350. The minimum Gasteiger partial charge on any atom is -0.368 e. The lowest BCUT2D eigenvalue weighted by molar-refractivity contribution is -0.122. The van der Waals surface area contributed by atoms with Gasteiger partial charge in [0.2, 0.25) is 5.91 Å². The molecule has 4 nitrogen and oxygen atoms in total. The molecule has 2 unspecified atom stereocenters. The number of nitrogens with zero attached hydrogens (tertiary/aromatic N) is 2. The maximum absolute atomic E-state index is 13.1. The molecule has 0 aliphatic carbocycles. The van der Waals surface area contributed by atoms with Crippen molar-refractivity contribution in [2.24, 2.45) is 11.7 Å². The van der Waals surface area contributed by atoms with Crippen LogP contribution in [0.2, 0.25) is 0 Å². The molecule has 4 heteroatoms. The molecule has 1 amide bonds. The Kier molecular flexibility index (Phi) is 4.86. The molecule has 0 saturated carbocycles. The lowest BCUT2D eigenvalue weighted by atomic mass is 9.93. The van der Waals surface area contributed by atoms with E-state index in [2.05, 4.69) is 17.9 Å². The third kappa shape index (κ3) is 3.02. The number of hydrogen-bond donors (Lipinski definition) is 1. The number of benzene rings is 2. The Hall–Kier alpha value is -2.33. The Balaban J connectivity index is 1.85. The van der Waals surface area contributed by atoms with Gasteiger partial charge in [0.05, 0.1) is 17.3 Å². The van der Waals surface area contributed by atoms with Crippen molar-refractivity contribution in [1.82, 2.24) is 0 Å². The summed E-state index contributed by atoms with van der Waals surface area (Å²) in [6.07, 6.45) is 0. The third-order valence-electron chi connectivity index (χ3n) is 4.87. The van der Waals surface area contributed by atoms with Crippen LogP contribution >= 0.6 is 0 Å². The number of para-hydroxylation sites is 2. The molecule has 0 bridgehead atoms. The van der Waals surface area contributed by atoms with Crippen LogP contribution in [0.25, 0.3) is 0 Å². The summed E-state index contributed by atoms with van der Waals surface area (Å²) < 4.78 is 0. The second-order valence-electron chi connectivity index (χ2n) is 6.28. The molecule has 2 aromatic rings. The zero-order valence-corrected chi connectivity index (χ0v) is 14.4. The number of nitrogens with two attached hydrogens (primary N) is 1. The van der Waals surface area contributed by atoms with Gasteiger partial charge in [-0.2, -0.15) is 0 Å². The summed E-state index contributed by atoms with van der Waals surface area (Å²) in [7, 11) is 0. The van der Waals surface area contributed by atoms with Crippen molar-refractivity contribution in [3.63, 3.8) is 0 Å². The van der Waals surface area contributed by atoms with Crippen LogP contribution in [-0.4, -0.2) is 25.5 Å². The molecule has 0 spiro atoms. The van der Waals surface area contributed by atoms with Crippen LogP contribution in [0.5, 0.6) is 0 Å². The van der Waals surface area contributed by atoms with Crippen LogP contribution in [0.4, 0.5) is 11.4 Å². The van der Waals surface area contributed by atoms with Gasteiger partial charge in [0.1, 0.15) is 0 Å². The monoisotopic (exact) mass is 323 g/mol. The van der Waals surface area contributed by atoms with Crippen LogP contribution in [-0.2, 0) is 4.79 Å². The summed E-state index contributed by atoms with van der Waals surface area (Å²) in [6.45, 7) is 6.57. The highest BCUT2D eigenvalue weighted by molar-refractivity contribution is 5.99. The molecule has 0 saturated heterocycles. The minimum absolute atomic E-state index is 0.0922. The molecular formula is C20H25N3O. The van der Waals surface area contributed by atoms with Crippen molar-refractivity contribution in [1.29, 1.82) is 0 Å². The predicted octanol–water partition coefficient (Wildman–Crippen LogP) is 3.20. The highest BCUT2D eigenvalue weighted by Gasteiger charge is 2.31. The summed E-state index contributed by atoms with van der Waals surface area (Å²) in [5, 5.41) is 0. The van der Waals surface area contributed by atoms with E-state index in [1.807, 2.05) is 60.4 Å². The van der Waals surface area contributed by atoms with E-state index in [-0.39, 0.29) is 17.9 Å². The average Bonchev–Trinajstić information content (AvgIpc) is 2.66. The van der Waals surface area contributed by atoms with Crippen LogP contribution in [0.15, 0.2) is 54.6 Å². The molecule has 0 radical (unpaired) electrons. The number of likely N-dealkylation sites (N-methyl/N-ethyl adjacent to an activating group) is 1. The SMILES string of the molecule is CCN1CCN(C(=O)C(C)C(N)c2ccccc2)c2ccccc21. The highest BCUT2D eigenvalue weighted by atomic mass is 16.2. The van der Waals surface area contributed by atoms with E-state index < -0.39 is 0 Å². The van der Waals surface area contributed by atoms with Crippen molar-refractivity contribution in [3.05, 3.63) is 60.2 Å². The first-order valence-corrected chi connectivity index (χ1v) is 8.59. The van der Waals surface area contributed by atoms with Gasteiger partial charge in [-0.15, -0.1) is 0 Å². The van der Waals surface area contributed by atoms with Gasteiger partial charge in [-0.3, -0.25) is 4.79 Å². The number of carbonyl (C=O) groups is 1. The minimum atomic E-state index is -0.296. The van der Waals surface area contributed by atoms with Gasteiger partial charge >= 0.3 is 0 Å². The summed E-state index contributed by atoms with van der Waals surface area (Å²) in [4.78, 5) is 17.3. The Bertz CT molecular complexity index is 701. The highest BCUT2D eigenvalue weighted by Crippen LogP contribution is 2.34. The second-order valence-corrected chi connectivity index (χ2v) is 6.28. The van der Waals surface area contributed by atoms with Crippen LogP contribution in [0.3, 0.4) is 0 Å². The largest absolute Gasteiger partial charge is 0.368 e. The molecule has 2 atom stereocenters. The standard InChI is InChI=1S/C20H25N3O/c1-3-22-13-14-23(18-12-8-7-11-17(18)22)20(24)15(2)19(21)16-9-5-4-6-10-16/h4-12,15,19H,3,13-14,21H2,1-2H3. The first-order valence-electron chi connectivity index (χ1n) is 8.59. The summed E-state index contributed by atoms with van der Waals surface area (Å²) >= 11 is 0. The zero-order valence-electron chi connectivity index (χ0n) is 14.4. The van der Waals surface area contributed by atoms with E-state index >= 15 is 0 Å². The molecule has 24 heavy (non-hydrogen) atoms. The van der Waals surface area contributed by atoms with Crippen LogP contribution in [0, 0.1) is 5.92 Å². The first kappa shape index (κ1) is 16.5. The van der Waals surface area contributed by atoms with Crippen LogP contribution in [0.1, 0.15) is 25.5 Å². The summed E-state index contributed by atoms with van der Waals surface area (Å²) in [5.41, 5.74) is 9.47. The van der Waals surface area contributed by atoms with Crippen molar-refractivity contribution in [2.45, 2.75) is 19.9 Å². The van der Waals surface area contributed by atoms with E-state index in [9.17, 15) is 4.79 Å². The normalized spacial score (nSPS) is 16.5. The Labute approximate surface area is 143 Å². The number of hydrogen-bond acceptors (Lipinski definition) is 3. The molecule has 0 fully saturated rings. The molecule has 3 rings (SSSR count). The number of amides is 1. The van der Waals surface area contributed by atoms with Crippen molar-refractivity contribution in [3.8, 4) is 0 Å². The van der Waals surface area contributed by atoms with Crippen molar-refractivity contribution >= 4 is 17.3 Å². The van der Waals surface area contributed by atoms with Gasteiger partial charge in [-0.1, -0.05) is 49.4 Å². The predicted molar refractivity (Wildman–Crippen MR) is 99.2 cm³/mol. The molecule has 1 aliphatic heterocycles. The third-order valence-corrected chi connectivity index (χ3v) is 4.87. The second kappa shape index (κ2) is 7.05. The van der Waals surface area contributed by atoms with Gasteiger partial charge in [0.25, 0.3) is 0 Å². The van der Waals surface area contributed by atoms with Gasteiger partial charge in [-0.25, -0.2) is 0 Å². The fourth-order valence-corrected chi connectivity index (χ4v) is 3.34. The van der Waals surface area contributed by atoms with E-state index in [0.717, 1.165) is 30.0 Å². The summed E-state index contributed by atoms with van der Waals surface area (Å²) in [6, 6.07) is 17.7. The topological polar surface area (TPSA) is 49.6 Å². The number of carbonyl (C=O) groups excluding carboxylic acids is 1. The fourth-order valence-electron chi connectivity index (χ4n) is 3.34. The quantitative estimate of drug-likeness (QED) is 0.940. The molecule has 1 heterocycles. The average molecular weight is 323 g/mol. The van der Waals surface area contributed by atoms with E-state index in [4.69, 9.17) is 5.73 Å². The number of fused-ring (bicyclic) bond motifs is 1. The van der Waals surface area contributed by atoms with Gasteiger partial charge < -0.3 is 15.5 Å². The molecule has 1 aliphatic rings. The maximum Gasteiger partial charge on any atom is 0.231 e. The smallest absolute Gasteiger partial charge is 0.231 e. The number of rotatable bonds is 4.